The largest absolute Gasteiger partial charge is 0.497 e. The van der Waals surface area contributed by atoms with Crippen molar-refractivity contribution >= 4 is 17.7 Å². The van der Waals surface area contributed by atoms with Crippen LogP contribution in [0.15, 0.2) is 29.2 Å². The predicted molar refractivity (Wildman–Crippen MR) is 101 cm³/mol. The lowest BCUT2D eigenvalue weighted by atomic mass is 9.97. The third-order valence-corrected chi connectivity index (χ3v) is 5.70. The molecule has 0 bridgehead atoms. The molecular formula is C19H30N2O2S. The van der Waals surface area contributed by atoms with Gasteiger partial charge in [-0.3, -0.25) is 4.79 Å². The van der Waals surface area contributed by atoms with Crippen molar-refractivity contribution < 1.29 is 9.53 Å². The maximum Gasteiger partial charge on any atom is 0.233 e. The summed E-state index contributed by atoms with van der Waals surface area (Å²) in [5, 5.41) is 3.05. The number of hydrogen-bond donors (Lipinski definition) is 1. The first kappa shape index (κ1) is 19.1. The lowest BCUT2D eigenvalue weighted by Crippen LogP contribution is -2.44. The fraction of sp³-hybridized carbons (Fsp3) is 0.632. The van der Waals surface area contributed by atoms with Crippen molar-refractivity contribution in [3.8, 4) is 5.75 Å². The van der Waals surface area contributed by atoms with E-state index in [1.807, 2.05) is 31.2 Å². The van der Waals surface area contributed by atoms with Gasteiger partial charge in [0, 0.05) is 24.0 Å². The molecule has 0 radical (unpaired) electrons. The topological polar surface area (TPSA) is 41.6 Å². The zero-order chi connectivity index (χ0) is 17.5. The molecule has 1 saturated heterocycles. The number of nitrogens with zero attached hydrogens (tertiary/aromatic N) is 1. The number of rotatable bonds is 7. The van der Waals surface area contributed by atoms with Crippen molar-refractivity contribution in [1.82, 2.24) is 10.2 Å². The number of amides is 1. The minimum Gasteiger partial charge on any atom is -0.497 e. The SMILES string of the molecule is COc1ccc(S[C@@H](C)C(=O)NC[C@H]2CCCN(C(C)C)C2)cc1. The number of nitrogens with one attached hydrogen (secondary N) is 1. The molecule has 1 aliphatic heterocycles. The molecule has 0 aromatic heterocycles. The van der Waals surface area contributed by atoms with Crippen LogP contribution in [0, 0.1) is 5.92 Å². The summed E-state index contributed by atoms with van der Waals surface area (Å²) < 4.78 is 5.16. The Balaban J connectivity index is 1.76. The van der Waals surface area contributed by atoms with E-state index < -0.39 is 0 Å². The Hall–Kier alpha value is -1.20. The van der Waals surface area contributed by atoms with E-state index in [0.29, 0.717) is 12.0 Å². The third kappa shape index (κ3) is 5.71. The molecule has 1 aliphatic rings. The summed E-state index contributed by atoms with van der Waals surface area (Å²) in [5.41, 5.74) is 0. The fourth-order valence-corrected chi connectivity index (χ4v) is 3.93. The first-order chi connectivity index (χ1) is 11.5. The number of methoxy groups -OCH3 is 1. The van der Waals surface area contributed by atoms with E-state index in [0.717, 1.165) is 23.7 Å². The van der Waals surface area contributed by atoms with E-state index in [9.17, 15) is 4.79 Å². The smallest absolute Gasteiger partial charge is 0.233 e. The summed E-state index contributed by atoms with van der Waals surface area (Å²) in [4.78, 5) is 16.0. The highest BCUT2D eigenvalue weighted by Gasteiger charge is 2.23. The second kappa shape index (κ2) is 9.33. The number of ether oxygens (including phenoxy) is 1. The van der Waals surface area contributed by atoms with Gasteiger partial charge in [-0.25, -0.2) is 0 Å². The van der Waals surface area contributed by atoms with Gasteiger partial charge in [-0.15, -0.1) is 11.8 Å². The molecule has 2 atom stereocenters. The maximum atomic E-state index is 12.4. The molecule has 0 saturated carbocycles. The van der Waals surface area contributed by atoms with Crippen LogP contribution < -0.4 is 10.1 Å². The number of hydrogen-bond acceptors (Lipinski definition) is 4. The minimum absolute atomic E-state index is 0.0943. The Morgan fingerprint density at radius 3 is 2.67 bits per heavy atom. The number of thioether (sulfide) groups is 1. The van der Waals surface area contributed by atoms with Gasteiger partial charge < -0.3 is 15.0 Å². The molecule has 4 nitrogen and oxygen atoms in total. The second-order valence-corrected chi connectivity index (χ2v) is 8.19. The number of likely N-dealkylation sites (tertiary alicyclic amines) is 1. The van der Waals surface area contributed by atoms with Crippen molar-refractivity contribution in [2.45, 2.75) is 49.8 Å². The van der Waals surface area contributed by atoms with Gasteiger partial charge in [0.15, 0.2) is 0 Å². The minimum atomic E-state index is -0.0943. The van der Waals surface area contributed by atoms with Gasteiger partial charge in [-0.1, -0.05) is 0 Å². The summed E-state index contributed by atoms with van der Waals surface area (Å²) in [6.07, 6.45) is 2.44. The van der Waals surface area contributed by atoms with Crippen molar-refractivity contribution in [3.05, 3.63) is 24.3 Å². The summed E-state index contributed by atoms with van der Waals surface area (Å²) in [5.74, 6) is 1.53. The molecule has 0 aliphatic carbocycles. The monoisotopic (exact) mass is 350 g/mol. The molecule has 1 aromatic carbocycles. The van der Waals surface area contributed by atoms with Crippen LogP contribution in [0.1, 0.15) is 33.6 Å². The lowest BCUT2D eigenvalue weighted by molar-refractivity contribution is -0.120. The van der Waals surface area contributed by atoms with E-state index in [1.54, 1.807) is 18.9 Å². The number of benzene rings is 1. The molecule has 5 heteroatoms. The Bertz CT molecular complexity index is 519. The van der Waals surface area contributed by atoms with Gasteiger partial charge in [0.25, 0.3) is 0 Å². The van der Waals surface area contributed by atoms with Crippen LogP contribution >= 0.6 is 11.8 Å². The van der Waals surface area contributed by atoms with Gasteiger partial charge in [-0.05, 0) is 70.3 Å². The van der Waals surface area contributed by atoms with Gasteiger partial charge in [-0.2, -0.15) is 0 Å². The van der Waals surface area contributed by atoms with Crippen LogP contribution in [0.25, 0.3) is 0 Å². The fourth-order valence-electron chi connectivity index (χ4n) is 3.03. The maximum absolute atomic E-state index is 12.4. The molecule has 1 heterocycles. The van der Waals surface area contributed by atoms with E-state index in [1.165, 1.54) is 19.4 Å². The highest BCUT2D eigenvalue weighted by atomic mass is 32.2. The number of piperidine rings is 1. The summed E-state index contributed by atoms with van der Waals surface area (Å²) >= 11 is 1.58. The molecule has 1 fully saturated rings. The van der Waals surface area contributed by atoms with Gasteiger partial charge in [0.05, 0.1) is 12.4 Å². The number of carbonyl (C=O) groups is 1. The summed E-state index contributed by atoms with van der Waals surface area (Å²) in [6.45, 7) is 9.52. The number of carbonyl (C=O) groups excluding carboxylic acids is 1. The molecule has 1 N–H and O–H groups in total. The average molecular weight is 351 g/mol. The van der Waals surface area contributed by atoms with Gasteiger partial charge in [0.2, 0.25) is 5.91 Å². The predicted octanol–water partition coefficient (Wildman–Crippen LogP) is 3.41. The van der Waals surface area contributed by atoms with Crippen molar-refractivity contribution in [2.24, 2.45) is 5.92 Å². The molecule has 1 amide bonds. The van der Waals surface area contributed by atoms with Crippen molar-refractivity contribution in [3.63, 3.8) is 0 Å². The zero-order valence-corrected chi connectivity index (χ0v) is 16.1. The van der Waals surface area contributed by atoms with Gasteiger partial charge >= 0.3 is 0 Å². The van der Waals surface area contributed by atoms with Crippen LogP contribution in [-0.2, 0) is 4.79 Å². The van der Waals surface area contributed by atoms with Crippen LogP contribution in [0.3, 0.4) is 0 Å². The molecule has 2 rings (SSSR count). The van der Waals surface area contributed by atoms with Crippen LogP contribution in [0.2, 0.25) is 0 Å². The van der Waals surface area contributed by atoms with E-state index in [4.69, 9.17) is 4.74 Å². The van der Waals surface area contributed by atoms with Gasteiger partial charge in [0.1, 0.15) is 5.75 Å². The Morgan fingerprint density at radius 1 is 1.33 bits per heavy atom. The molecule has 24 heavy (non-hydrogen) atoms. The zero-order valence-electron chi connectivity index (χ0n) is 15.2. The standard InChI is InChI=1S/C19H30N2O2S/c1-14(2)21-11-5-6-16(13-21)12-20-19(22)15(3)24-18-9-7-17(23-4)8-10-18/h7-10,14-16H,5-6,11-13H2,1-4H3,(H,20,22)/t15-,16+/m0/s1. The highest BCUT2D eigenvalue weighted by molar-refractivity contribution is 8.00. The third-order valence-electron chi connectivity index (χ3n) is 4.59. The highest BCUT2D eigenvalue weighted by Crippen LogP contribution is 2.25. The average Bonchev–Trinajstić information content (AvgIpc) is 2.60. The first-order valence-corrected chi connectivity index (χ1v) is 9.70. The summed E-state index contributed by atoms with van der Waals surface area (Å²) in [6, 6.07) is 8.43. The van der Waals surface area contributed by atoms with E-state index in [2.05, 4.69) is 24.1 Å². The first-order valence-electron chi connectivity index (χ1n) is 8.82. The Kier molecular flexibility index (Phi) is 7.43. The van der Waals surface area contributed by atoms with E-state index in [-0.39, 0.29) is 11.2 Å². The quantitative estimate of drug-likeness (QED) is 0.765. The van der Waals surface area contributed by atoms with Crippen LogP contribution in [-0.4, -0.2) is 48.8 Å². The molecule has 0 unspecified atom stereocenters. The van der Waals surface area contributed by atoms with E-state index >= 15 is 0 Å². The lowest BCUT2D eigenvalue weighted by Gasteiger charge is -2.35. The Labute approximate surface area is 150 Å². The van der Waals surface area contributed by atoms with Crippen molar-refractivity contribution in [2.75, 3.05) is 26.7 Å². The summed E-state index contributed by atoms with van der Waals surface area (Å²) in [7, 11) is 1.66. The van der Waals surface area contributed by atoms with Crippen LogP contribution in [0.5, 0.6) is 5.75 Å². The molecule has 134 valence electrons. The van der Waals surface area contributed by atoms with Crippen molar-refractivity contribution in [1.29, 1.82) is 0 Å². The Morgan fingerprint density at radius 2 is 2.04 bits per heavy atom. The molecule has 0 spiro atoms. The molecular weight excluding hydrogens is 320 g/mol. The second-order valence-electron chi connectivity index (χ2n) is 6.78. The van der Waals surface area contributed by atoms with Crippen LogP contribution in [0.4, 0.5) is 0 Å². The normalized spacial score (nSPS) is 20.0. The molecule has 1 aromatic rings.